The van der Waals surface area contributed by atoms with Crippen molar-refractivity contribution in [2.75, 3.05) is 13.2 Å². The molecule has 0 fully saturated rings. The second-order valence-corrected chi connectivity index (χ2v) is 6.13. The first-order valence-electron chi connectivity index (χ1n) is 7.97. The molecule has 1 aliphatic rings. The van der Waals surface area contributed by atoms with Gasteiger partial charge in [0.15, 0.2) is 0 Å². The number of hydrogen-bond acceptors (Lipinski definition) is 5. The number of nitrogens with one attached hydrogen (secondary N) is 2. The molecule has 0 aromatic heterocycles. The fourth-order valence-corrected chi connectivity index (χ4v) is 2.83. The third-order valence-corrected chi connectivity index (χ3v) is 4.48. The van der Waals surface area contributed by atoms with Gasteiger partial charge in [0.25, 0.3) is 0 Å². The van der Waals surface area contributed by atoms with Crippen molar-refractivity contribution >= 4 is 41.2 Å². The summed E-state index contributed by atoms with van der Waals surface area (Å²) < 4.78 is 10.3. The molecule has 0 saturated heterocycles. The molecule has 0 saturated carbocycles. The zero-order chi connectivity index (χ0) is 19.3. The summed E-state index contributed by atoms with van der Waals surface area (Å²) in [5.74, 6) is -1.31. The fourth-order valence-electron chi connectivity index (χ4n) is 2.45. The van der Waals surface area contributed by atoms with Gasteiger partial charge < -0.3 is 20.1 Å². The summed E-state index contributed by atoms with van der Waals surface area (Å²) in [4.78, 5) is 36.3. The van der Waals surface area contributed by atoms with Gasteiger partial charge in [0, 0.05) is 0 Å². The Kier molecular flexibility index (Phi) is 6.88. The minimum absolute atomic E-state index is 0.0690. The van der Waals surface area contributed by atoms with Gasteiger partial charge in [0.05, 0.1) is 39.5 Å². The summed E-state index contributed by atoms with van der Waals surface area (Å²) in [5, 5.41) is 5.41. The van der Waals surface area contributed by atoms with Gasteiger partial charge in [-0.25, -0.2) is 14.4 Å². The van der Waals surface area contributed by atoms with E-state index in [1.807, 2.05) is 6.92 Å². The van der Waals surface area contributed by atoms with E-state index in [-0.39, 0.29) is 40.1 Å². The average molecular weight is 401 g/mol. The van der Waals surface area contributed by atoms with Crippen molar-refractivity contribution in [2.24, 2.45) is 0 Å². The lowest BCUT2D eigenvalue weighted by atomic mass is 10.0. The van der Waals surface area contributed by atoms with Crippen LogP contribution in [0.25, 0.3) is 0 Å². The van der Waals surface area contributed by atoms with Crippen molar-refractivity contribution in [1.29, 1.82) is 0 Å². The number of carbonyl (C=O) groups is 3. The standard InChI is InChI=1S/C17H18Cl2N2O5/c1-3-11-13(16(23)25-4-2)12(21-17(24)20-11)8-26-15(22)9-6-5-7-10(18)14(9)19/h5-7,11H,3-4,8H2,1-2H3,(H2,20,21,24)/t11-/m0/s1. The third-order valence-electron chi connectivity index (χ3n) is 3.67. The van der Waals surface area contributed by atoms with Crippen LogP contribution >= 0.6 is 23.2 Å². The first-order chi connectivity index (χ1) is 12.4. The normalized spacial score (nSPS) is 16.6. The predicted octanol–water partition coefficient (Wildman–Crippen LogP) is 3.06. The molecule has 1 heterocycles. The highest BCUT2D eigenvalue weighted by Crippen LogP contribution is 2.26. The Hall–Kier alpha value is -2.25. The summed E-state index contributed by atoms with van der Waals surface area (Å²) in [6, 6.07) is 3.55. The van der Waals surface area contributed by atoms with Gasteiger partial charge in [-0.05, 0) is 25.5 Å². The number of ether oxygens (including phenoxy) is 2. The molecule has 1 aliphatic heterocycles. The van der Waals surface area contributed by atoms with E-state index >= 15 is 0 Å². The highest BCUT2D eigenvalue weighted by molar-refractivity contribution is 6.43. The average Bonchev–Trinajstić information content (AvgIpc) is 2.61. The van der Waals surface area contributed by atoms with Crippen LogP contribution in [0.3, 0.4) is 0 Å². The molecular formula is C17H18Cl2N2O5. The highest BCUT2D eigenvalue weighted by atomic mass is 35.5. The molecule has 0 aliphatic carbocycles. The Morgan fingerprint density at radius 2 is 1.88 bits per heavy atom. The SMILES string of the molecule is CCOC(=O)C1=C(COC(=O)c2cccc(Cl)c2Cl)NC(=O)N[C@H]1CC. The van der Waals surface area contributed by atoms with Crippen LogP contribution in [0.15, 0.2) is 29.5 Å². The molecule has 0 radical (unpaired) electrons. The van der Waals surface area contributed by atoms with Crippen LogP contribution in [0, 0.1) is 0 Å². The van der Waals surface area contributed by atoms with E-state index in [9.17, 15) is 14.4 Å². The smallest absolute Gasteiger partial charge is 0.340 e. The number of esters is 2. The number of halogens is 2. The van der Waals surface area contributed by atoms with Gasteiger partial charge in [-0.1, -0.05) is 36.2 Å². The van der Waals surface area contributed by atoms with Crippen molar-refractivity contribution in [3.8, 4) is 0 Å². The molecular weight excluding hydrogens is 383 g/mol. The van der Waals surface area contributed by atoms with Crippen molar-refractivity contribution < 1.29 is 23.9 Å². The third kappa shape index (κ3) is 4.47. The van der Waals surface area contributed by atoms with Gasteiger partial charge in [0.1, 0.15) is 6.61 Å². The van der Waals surface area contributed by atoms with E-state index in [1.165, 1.54) is 6.07 Å². The summed E-state index contributed by atoms with van der Waals surface area (Å²) in [6.07, 6.45) is 0.471. The molecule has 0 spiro atoms. The second-order valence-electron chi connectivity index (χ2n) is 5.35. The molecule has 2 amide bonds. The Bertz CT molecular complexity index is 764. The lowest BCUT2D eigenvalue weighted by Gasteiger charge is -2.28. The fraction of sp³-hybridized carbons (Fsp3) is 0.353. The first kappa shape index (κ1) is 20.1. The maximum absolute atomic E-state index is 12.3. The zero-order valence-electron chi connectivity index (χ0n) is 14.2. The lowest BCUT2D eigenvalue weighted by molar-refractivity contribution is -0.139. The quantitative estimate of drug-likeness (QED) is 0.715. The van der Waals surface area contributed by atoms with Crippen LogP contribution in [-0.2, 0) is 14.3 Å². The second kappa shape index (κ2) is 8.91. The van der Waals surface area contributed by atoms with Crippen molar-refractivity contribution in [1.82, 2.24) is 10.6 Å². The predicted molar refractivity (Wildman–Crippen MR) is 96.1 cm³/mol. The lowest BCUT2D eigenvalue weighted by Crippen LogP contribution is -2.51. The van der Waals surface area contributed by atoms with Crippen LogP contribution in [0.2, 0.25) is 10.0 Å². The Morgan fingerprint density at radius 3 is 2.54 bits per heavy atom. The van der Waals surface area contributed by atoms with Crippen molar-refractivity contribution in [3.05, 3.63) is 45.1 Å². The molecule has 1 atom stereocenters. The Labute approximate surface area is 160 Å². The number of benzene rings is 1. The van der Waals surface area contributed by atoms with Crippen LogP contribution in [-0.4, -0.2) is 37.2 Å². The summed E-state index contributed by atoms with van der Waals surface area (Å²) >= 11 is 11.9. The van der Waals surface area contributed by atoms with Crippen LogP contribution in [0.5, 0.6) is 0 Å². The maximum Gasteiger partial charge on any atom is 0.340 e. The largest absolute Gasteiger partial charge is 0.463 e. The maximum atomic E-state index is 12.3. The van der Waals surface area contributed by atoms with E-state index in [4.69, 9.17) is 32.7 Å². The van der Waals surface area contributed by atoms with Crippen molar-refractivity contribution in [2.45, 2.75) is 26.3 Å². The van der Waals surface area contributed by atoms with E-state index < -0.39 is 24.0 Å². The highest BCUT2D eigenvalue weighted by Gasteiger charge is 2.32. The van der Waals surface area contributed by atoms with E-state index in [0.717, 1.165) is 0 Å². The van der Waals surface area contributed by atoms with Gasteiger partial charge in [-0.15, -0.1) is 0 Å². The molecule has 0 bridgehead atoms. The topological polar surface area (TPSA) is 93.7 Å². The van der Waals surface area contributed by atoms with E-state index in [0.29, 0.717) is 6.42 Å². The van der Waals surface area contributed by atoms with Gasteiger partial charge in [-0.3, -0.25) is 0 Å². The first-order valence-corrected chi connectivity index (χ1v) is 8.73. The molecule has 1 aromatic rings. The Balaban J connectivity index is 2.25. The number of hydrogen-bond donors (Lipinski definition) is 2. The molecule has 26 heavy (non-hydrogen) atoms. The van der Waals surface area contributed by atoms with E-state index in [2.05, 4.69) is 10.6 Å². The van der Waals surface area contributed by atoms with Crippen molar-refractivity contribution in [3.63, 3.8) is 0 Å². The van der Waals surface area contributed by atoms with Crippen LogP contribution < -0.4 is 10.6 Å². The number of amides is 2. The van der Waals surface area contributed by atoms with Gasteiger partial charge >= 0.3 is 18.0 Å². The summed E-state index contributed by atoms with van der Waals surface area (Å²) in [6.45, 7) is 3.34. The minimum Gasteiger partial charge on any atom is -0.463 e. The Morgan fingerprint density at radius 1 is 1.15 bits per heavy atom. The van der Waals surface area contributed by atoms with Gasteiger partial charge in [0.2, 0.25) is 0 Å². The number of rotatable bonds is 6. The number of urea groups is 1. The van der Waals surface area contributed by atoms with Crippen LogP contribution in [0.1, 0.15) is 30.6 Å². The monoisotopic (exact) mass is 400 g/mol. The summed E-state index contributed by atoms with van der Waals surface area (Å²) in [7, 11) is 0. The summed E-state index contributed by atoms with van der Waals surface area (Å²) in [5.41, 5.74) is 0.481. The van der Waals surface area contributed by atoms with Gasteiger partial charge in [-0.2, -0.15) is 0 Å². The zero-order valence-corrected chi connectivity index (χ0v) is 15.7. The number of carbonyl (C=O) groups excluding carboxylic acids is 3. The molecule has 2 rings (SSSR count). The molecule has 0 unspecified atom stereocenters. The molecule has 1 aromatic carbocycles. The van der Waals surface area contributed by atoms with Crippen LogP contribution in [0.4, 0.5) is 4.79 Å². The molecule has 7 nitrogen and oxygen atoms in total. The van der Waals surface area contributed by atoms with E-state index in [1.54, 1.807) is 19.1 Å². The molecule has 2 N–H and O–H groups in total. The minimum atomic E-state index is -0.728. The molecule has 140 valence electrons. The molecule has 9 heteroatoms.